The van der Waals surface area contributed by atoms with Crippen LogP contribution in [0.5, 0.6) is 0 Å². The Hall–Kier alpha value is -3.63. The van der Waals surface area contributed by atoms with Gasteiger partial charge in [-0.25, -0.2) is 0 Å². The van der Waals surface area contributed by atoms with Crippen LogP contribution in [0.3, 0.4) is 0 Å². The van der Waals surface area contributed by atoms with Crippen molar-refractivity contribution >= 4 is 23.3 Å². The standard InChI is InChI=1S/C23H23F3N2O6/c1-12(2)33-20(29)22(21(30)34-13(3)4)17-10-7-15(23(24,25)26)11-18(17)27-19(22)14-5-8-16(9-6-14)28(31)32/h5-13,19,27H,1-4H3/t19-/m1/s1. The number of alkyl halides is 3. The molecule has 0 aromatic heterocycles. The normalized spacial score (nSPS) is 16.7. The molecule has 0 amide bonds. The topological polar surface area (TPSA) is 108 Å². The molecule has 8 nitrogen and oxygen atoms in total. The second-order valence-electron chi connectivity index (χ2n) is 8.40. The van der Waals surface area contributed by atoms with E-state index >= 15 is 0 Å². The molecule has 0 unspecified atom stereocenters. The van der Waals surface area contributed by atoms with Crippen molar-refractivity contribution in [2.75, 3.05) is 5.32 Å². The van der Waals surface area contributed by atoms with Crippen molar-refractivity contribution in [2.24, 2.45) is 0 Å². The highest BCUT2D eigenvalue weighted by Crippen LogP contribution is 2.52. The third-order valence-electron chi connectivity index (χ3n) is 5.27. The van der Waals surface area contributed by atoms with Gasteiger partial charge < -0.3 is 14.8 Å². The fourth-order valence-electron chi connectivity index (χ4n) is 3.88. The Balaban J connectivity index is 2.28. The van der Waals surface area contributed by atoms with Crippen LogP contribution in [-0.4, -0.2) is 29.1 Å². The summed E-state index contributed by atoms with van der Waals surface area (Å²) in [5.41, 5.74) is -3.30. The highest BCUT2D eigenvalue weighted by atomic mass is 19.4. The minimum Gasteiger partial charge on any atom is -0.462 e. The summed E-state index contributed by atoms with van der Waals surface area (Å²) in [6.45, 7) is 6.26. The highest BCUT2D eigenvalue weighted by molar-refractivity contribution is 6.11. The monoisotopic (exact) mass is 480 g/mol. The summed E-state index contributed by atoms with van der Waals surface area (Å²) in [6, 6.07) is 6.39. The average Bonchev–Trinajstić information content (AvgIpc) is 3.07. The minimum atomic E-state index is -4.66. The summed E-state index contributed by atoms with van der Waals surface area (Å²) in [7, 11) is 0. The van der Waals surface area contributed by atoms with Gasteiger partial charge in [0.05, 0.1) is 28.7 Å². The molecular formula is C23H23F3N2O6. The maximum atomic E-state index is 13.5. The smallest absolute Gasteiger partial charge is 0.416 e. The van der Waals surface area contributed by atoms with Crippen LogP contribution in [0, 0.1) is 10.1 Å². The number of hydrogen-bond acceptors (Lipinski definition) is 7. The van der Waals surface area contributed by atoms with Crippen LogP contribution in [0.4, 0.5) is 24.5 Å². The number of non-ortho nitro benzene ring substituents is 1. The summed E-state index contributed by atoms with van der Waals surface area (Å²) in [4.78, 5) is 37.5. The largest absolute Gasteiger partial charge is 0.462 e. The van der Waals surface area contributed by atoms with Crippen LogP contribution in [0.25, 0.3) is 0 Å². The molecule has 34 heavy (non-hydrogen) atoms. The van der Waals surface area contributed by atoms with E-state index in [1.807, 2.05) is 0 Å². The Labute approximate surface area is 193 Å². The third-order valence-corrected chi connectivity index (χ3v) is 5.27. The van der Waals surface area contributed by atoms with E-state index in [0.717, 1.165) is 18.2 Å². The molecule has 0 saturated carbocycles. The Bertz CT molecular complexity index is 1090. The van der Waals surface area contributed by atoms with Crippen molar-refractivity contribution in [3.8, 4) is 0 Å². The van der Waals surface area contributed by atoms with Crippen LogP contribution in [0.1, 0.15) is 50.4 Å². The van der Waals surface area contributed by atoms with Gasteiger partial charge in [-0.1, -0.05) is 18.2 Å². The Morgan fingerprint density at radius 1 is 1.00 bits per heavy atom. The number of ether oxygens (including phenoxy) is 2. The number of nitro benzene ring substituents is 1. The molecular weight excluding hydrogens is 457 g/mol. The number of carbonyl (C=O) groups is 2. The molecule has 0 spiro atoms. The van der Waals surface area contributed by atoms with Gasteiger partial charge in [-0.3, -0.25) is 19.7 Å². The number of fused-ring (bicyclic) bond motifs is 1. The van der Waals surface area contributed by atoms with Gasteiger partial charge in [0, 0.05) is 23.4 Å². The molecule has 0 fully saturated rings. The van der Waals surface area contributed by atoms with Crippen LogP contribution >= 0.6 is 0 Å². The van der Waals surface area contributed by atoms with Gasteiger partial charge in [-0.05, 0) is 45.4 Å². The van der Waals surface area contributed by atoms with Gasteiger partial charge in [0.25, 0.3) is 5.69 Å². The number of benzene rings is 2. The lowest BCUT2D eigenvalue weighted by Crippen LogP contribution is -2.50. The van der Waals surface area contributed by atoms with Gasteiger partial charge in [0.1, 0.15) is 0 Å². The summed E-state index contributed by atoms with van der Waals surface area (Å²) in [5, 5.41) is 13.9. The molecule has 2 aromatic rings. The number of halogens is 3. The first-order valence-electron chi connectivity index (χ1n) is 10.4. The maximum absolute atomic E-state index is 13.5. The zero-order chi connectivity index (χ0) is 25.4. The van der Waals surface area contributed by atoms with Crippen molar-refractivity contribution in [2.45, 2.75) is 57.5 Å². The summed E-state index contributed by atoms with van der Waals surface area (Å²) in [5.74, 6) is -2.02. The van der Waals surface area contributed by atoms with E-state index < -0.39 is 52.3 Å². The predicted molar refractivity (Wildman–Crippen MR) is 115 cm³/mol. The Morgan fingerprint density at radius 2 is 1.53 bits per heavy atom. The van der Waals surface area contributed by atoms with Crippen LogP contribution in [0.2, 0.25) is 0 Å². The van der Waals surface area contributed by atoms with E-state index in [1.54, 1.807) is 27.7 Å². The first-order chi connectivity index (χ1) is 15.8. The van der Waals surface area contributed by atoms with Gasteiger partial charge >= 0.3 is 18.1 Å². The second-order valence-corrected chi connectivity index (χ2v) is 8.40. The van der Waals surface area contributed by atoms with Gasteiger partial charge in [0.15, 0.2) is 0 Å². The van der Waals surface area contributed by atoms with Gasteiger partial charge in [-0.15, -0.1) is 0 Å². The number of hydrogen-bond donors (Lipinski definition) is 1. The lowest BCUT2D eigenvalue weighted by Gasteiger charge is -2.33. The molecule has 1 aliphatic heterocycles. The summed E-state index contributed by atoms with van der Waals surface area (Å²) in [6.07, 6.45) is -5.96. The number of carbonyl (C=O) groups excluding carboxylic acids is 2. The first-order valence-corrected chi connectivity index (χ1v) is 10.4. The van der Waals surface area contributed by atoms with Gasteiger partial charge in [-0.2, -0.15) is 13.2 Å². The maximum Gasteiger partial charge on any atom is 0.416 e. The Morgan fingerprint density at radius 3 is 1.97 bits per heavy atom. The lowest BCUT2D eigenvalue weighted by molar-refractivity contribution is -0.384. The summed E-state index contributed by atoms with van der Waals surface area (Å²) >= 11 is 0. The molecule has 182 valence electrons. The number of nitro groups is 1. The van der Waals surface area contributed by atoms with E-state index in [0.29, 0.717) is 0 Å². The molecule has 1 N–H and O–H groups in total. The number of rotatable bonds is 6. The molecule has 0 aliphatic carbocycles. The van der Waals surface area contributed by atoms with E-state index in [-0.39, 0.29) is 22.5 Å². The first kappa shape index (κ1) is 25.0. The second kappa shape index (κ2) is 8.96. The van der Waals surface area contributed by atoms with E-state index in [2.05, 4.69) is 5.32 Å². The zero-order valence-electron chi connectivity index (χ0n) is 18.8. The fourth-order valence-corrected chi connectivity index (χ4v) is 3.88. The molecule has 0 saturated heterocycles. The molecule has 2 aromatic carbocycles. The predicted octanol–water partition coefficient (Wildman–Crippen LogP) is 4.92. The summed E-state index contributed by atoms with van der Waals surface area (Å²) < 4.78 is 50.9. The zero-order valence-corrected chi connectivity index (χ0v) is 18.8. The van der Waals surface area contributed by atoms with E-state index in [4.69, 9.17) is 9.47 Å². The molecule has 3 rings (SSSR count). The highest BCUT2D eigenvalue weighted by Gasteiger charge is 2.62. The molecule has 0 bridgehead atoms. The molecule has 0 radical (unpaired) electrons. The third kappa shape index (κ3) is 4.42. The minimum absolute atomic E-state index is 0.0415. The number of esters is 2. The van der Waals surface area contributed by atoms with Crippen molar-refractivity contribution in [3.63, 3.8) is 0 Å². The molecule has 11 heteroatoms. The van der Waals surface area contributed by atoms with Crippen LogP contribution in [0.15, 0.2) is 42.5 Å². The fraction of sp³-hybridized carbons (Fsp3) is 0.391. The van der Waals surface area contributed by atoms with Gasteiger partial charge in [0.2, 0.25) is 5.41 Å². The van der Waals surface area contributed by atoms with Crippen molar-refractivity contribution in [3.05, 3.63) is 69.3 Å². The average molecular weight is 480 g/mol. The van der Waals surface area contributed by atoms with Crippen molar-refractivity contribution < 1.29 is 37.2 Å². The van der Waals surface area contributed by atoms with Crippen molar-refractivity contribution in [1.82, 2.24) is 0 Å². The van der Waals surface area contributed by atoms with Crippen LogP contribution < -0.4 is 5.32 Å². The number of nitrogens with one attached hydrogen (secondary N) is 1. The SMILES string of the molecule is CC(C)OC(=O)C1(C(=O)OC(C)C)c2ccc(C(F)(F)F)cc2N[C@@H]1c1ccc([N+](=O)[O-])cc1. The molecule has 1 aliphatic rings. The number of nitrogens with zero attached hydrogens (tertiary/aromatic N) is 1. The number of anilines is 1. The molecule has 1 heterocycles. The van der Waals surface area contributed by atoms with E-state index in [1.165, 1.54) is 24.3 Å². The van der Waals surface area contributed by atoms with Crippen LogP contribution in [-0.2, 0) is 30.7 Å². The lowest BCUT2D eigenvalue weighted by atomic mass is 9.73. The van der Waals surface area contributed by atoms with Crippen molar-refractivity contribution in [1.29, 1.82) is 0 Å². The Kier molecular flexibility index (Phi) is 6.59. The van der Waals surface area contributed by atoms with E-state index in [9.17, 15) is 32.9 Å². The molecule has 1 atom stereocenters. The quantitative estimate of drug-likeness (QED) is 0.271.